The highest BCUT2D eigenvalue weighted by Crippen LogP contribution is 2.30. The highest BCUT2D eigenvalue weighted by Gasteiger charge is 2.20. The molecule has 2 aromatic carbocycles. The summed E-state index contributed by atoms with van der Waals surface area (Å²) < 4.78 is 11.6. The summed E-state index contributed by atoms with van der Waals surface area (Å²) in [7, 11) is 3.20. The molecule has 0 unspecified atom stereocenters. The molecule has 0 atom stereocenters. The van der Waals surface area contributed by atoms with Crippen molar-refractivity contribution in [2.45, 2.75) is 19.3 Å². The van der Waals surface area contributed by atoms with E-state index in [0.29, 0.717) is 24.0 Å². The molecule has 2 rings (SSSR count). The van der Waals surface area contributed by atoms with Gasteiger partial charge in [0.15, 0.2) is 17.5 Å². The number of anilines is 1. The van der Waals surface area contributed by atoms with Crippen LogP contribution in [-0.2, 0) is 5.41 Å². The average molecular weight is 534 g/mol. The first kappa shape index (κ1) is 22.6. The van der Waals surface area contributed by atoms with Gasteiger partial charge in [0.25, 0.3) is 0 Å². The molecule has 142 valence electrons. The number of ether oxygens (including phenoxy) is 2. The lowest BCUT2D eigenvalue weighted by Crippen LogP contribution is -2.27. The second kappa shape index (κ2) is 10.0. The van der Waals surface area contributed by atoms with Gasteiger partial charge < -0.3 is 20.5 Å². The van der Waals surface area contributed by atoms with Crippen molar-refractivity contribution < 1.29 is 9.47 Å². The van der Waals surface area contributed by atoms with Gasteiger partial charge in [-0.15, -0.1) is 24.0 Å². The monoisotopic (exact) mass is 533 g/mol. The highest BCUT2D eigenvalue weighted by molar-refractivity contribution is 14.0. The van der Waals surface area contributed by atoms with Crippen molar-refractivity contribution in [1.82, 2.24) is 0 Å². The third-order valence-corrected chi connectivity index (χ3v) is 4.40. The second-order valence-corrected chi connectivity index (χ2v) is 7.21. The lowest BCUT2D eigenvalue weighted by molar-refractivity contribution is 0.355. The van der Waals surface area contributed by atoms with Crippen LogP contribution < -0.4 is 20.5 Å². The number of rotatable bonds is 6. The Labute approximate surface area is 180 Å². The Kier molecular flexibility index (Phi) is 8.69. The van der Waals surface area contributed by atoms with E-state index in [2.05, 4.69) is 52.2 Å². The summed E-state index contributed by atoms with van der Waals surface area (Å²) in [5, 5.41) is 3.09. The van der Waals surface area contributed by atoms with Gasteiger partial charge in [0, 0.05) is 21.6 Å². The molecule has 0 aliphatic rings. The molecule has 0 bridgehead atoms. The zero-order chi connectivity index (χ0) is 18.4. The summed E-state index contributed by atoms with van der Waals surface area (Å²) in [6.45, 7) is 4.85. The molecule has 26 heavy (non-hydrogen) atoms. The molecule has 5 nitrogen and oxygen atoms in total. The van der Waals surface area contributed by atoms with Gasteiger partial charge in [-0.3, -0.25) is 4.99 Å². The van der Waals surface area contributed by atoms with Crippen molar-refractivity contribution in [2.24, 2.45) is 10.7 Å². The number of methoxy groups -OCH3 is 2. The topological polar surface area (TPSA) is 68.9 Å². The molecule has 3 N–H and O–H groups in total. The first-order chi connectivity index (χ1) is 11.9. The van der Waals surface area contributed by atoms with Crippen LogP contribution in [0.4, 0.5) is 5.69 Å². The summed E-state index contributed by atoms with van der Waals surface area (Å²) in [5.41, 5.74) is 7.90. The Morgan fingerprint density at radius 3 is 2.42 bits per heavy atom. The summed E-state index contributed by atoms with van der Waals surface area (Å²) >= 11 is 3.51. The van der Waals surface area contributed by atoms with Gasteiger partial charge in [0.2, 0.25) is 0 Å². The SMILES string of the molecule is COc1ccc(NC(N)=NCC(C)(C)c2cccc(Br)c2)cc1OC.I. The number of benzene rings is 2. The Bertz CT molecular complexity index is 766. The molecule has 7 heteroatoms. The molecule has 0 fully saturated rings. The number of aliphatic imine (C=N–C) groups is 1. The zero-order valence-corrected chi connectivity index (χ0v) is 19.3. The fraction of sp³-hybridized carbons (Fsp3) is 0.316. The van der Waals surface area contributed by atoms with Gasteiger partial charge in [-0.05, 0) is 29.8 Å². The molecule has 0 aliphatic heterocycles. The first-order valence-electron chi connectivity index (χ1n) is 7.91. The first-order valence-corrected chi connectivity index (χ1v) is 8.70. The molecule has 0 spiro atoms. The number of nitrogens with one attached hydrogen (secondary N) is 1. The van der Waals surface area contributed by atoms with Crippen LogP contribution in [0.15, 0.2) is 51.9 Å². The number of nitrogens with zero attached hydrogens (tertiary/aromatic N) is 1. The molecule has 0 saturated heterocycles. The van der Waals surface area contributed by atoms with Crippen LogP contribution in [0.5, 0.6) is 11.5 Å². The maximum absolute atomic E-state index is 6.04. The summed E-state index contributed by atoms with van der Waals surface area (Å²) in [5.74, 6) is 1.66. The molecule has 2 aromatic rings. The Balaban J connectivity index is 0.00000338. The van der Waals surface area contributed by atoms with Crippen LogP contribution >= 0.6 is 39.9 Å². The molecule has 0 aliphatic carbocycles. The number of hydrogen-bond acceptors (Lipinski definition) is 3. The van der Waals surface area contributed by atoms with Crippen molar-refractivity contribution >= 4 is 51.6 Å². The van der Waals surface area contributed by atoms with E-state index in [9.17, 15) is 0 Å². The van der Waals surface area contributed by atoms with Crippen LogP contribution in [0.2, 0.25) is 0 Å². The fourth-order valence-corrected chi connectivity index (χ4v) is 2.78. The van der Waals surface area contributed by atoms with E-state index in [1.54, 1.807) is 14.2 Å². The fourth-order valence-electron chi connectivity index (χ4n) is 2.38. The van der Waals surface area contributed by atoms with Gasteiger partial charge >= 0.3 is 0 Å². The van der Waals surface area contributed by atoms with E-state index in [-0.39, 0.29) is 29.4 Å². The average Bonchev–Trinajstić information content (AvgIpc) is 2.60. The highest BCUT2D eigenvalue weighted by atomic mass is 127. The Morgan fingerprint density at radius 2 is 1.81 bits per heavy atom. The maximum atomic E-state index is 6.04. The molecule has 0 radical (unpaired) electrons. The van der Waals surface area contributed by atoms with E-state index >= 15 is 0 Å². The number of nitrogens with two attached hydrogens (primary N) is 1. The van der Waals surface area contributed by atoms with Crippen molar-refractivity contribution in [1.29, 1.82) is 0 Å². The largest absolute Gasteiger partial charge is 0.493 e. The predicted molar refractivity (Wildman–Crippen MR) is 122 cm³/mol. The Hall–Kier alpha value is -1.48. The number of halogens is 2. The molecular weight excluding hydrogens is 509 g/mol. The number of guanidine groups is 1. The van der Waals surface area contributed by atoms with E-state index in [1.165, 1.54) is 5.56 Å². The molecule has 0 amide bonds. The van der Waals surface area contributed by atoms with E-state index in [4.69, 9.17) is 15.2 Å². The summed E-state index contributed by atoms with van der Waals surface area (Å²) in [6.07, 6.45) is 0. The van der Waals surface area contributed by atoms with E-state index in [0.717, 1.165) is 10.2 Å². The number of hydrogen-bond donors (Lipinski definition) is 2. The summed E-state index contributed by atoms with van der Waals surface area (Å²) in [4.78, 5) is 4.49. The normalized spacial score (nSPS) is 11.5. The van der Waals surface area contributed by atoms with Gasteiger partial charge in [-0.25, -0.2) is 0 Å². The van der Waals surface area contributed by atoms with Gasteiger partial charge in [0.1, 0.15) is 0 Å². The van der Waals surface area contributed by atoms with Gasteiger partial charge in [-0.1, -0.05) is 41.9 Å². The van der Waals surface area contributed by atoms with Crippen molar-refractivity contribution in [2.75, 3.05) is 26.1 Å². The van der Waals surface area contributed by atoms with Crippen LogP contribution in [0.25, 0.3) is 0 Å². The van der Waals surface area contributed by atoms with Crippen molar-refractivity contribution in [3.8, 4) is 11.5 Å². The van der Waals surface area contributed by atoms with Crippen molar-refractivity contribution in [3.05, 3.63) is 52.5 Å². The molecule has 0 heterocycles. The lowest BCUT2D eigenvalue weighted by atomic mass is 9.85. The smallest absolute Gasteiger partial charge is 0.193 e. The van der Waals surface area contributed by atoms with Crippen LogP contribution in [0.3, 0.4) is 0 Å². The van der Waals surface area contributed by atoms with E-state index < -0.39 is 0 Å². The van der Waals surface area contributed by atoms with Crippen LogP contribution in [0.1, 0.15) is 19.4 Å². The zero-order valence-electron chi connectivity index (χ0n) is 15.4. The Morgan fingerprint density at radius 1 is 1.12 bits per heavy atom. The molecular formula is C19H25BrIN3O2. The minimum atomic E-state index is -0.131. The lowest BCUT2D eigenvalue weighted by Gasteiger charge is -2.23. The third-order valence-electron chi connectivity index (χ3n) is 3.91. The molecule has 0 saturated carbocycles. The second-order valence-electron chi connectivity index (χ2n) is 6.29. The van der Waals surface area contributed by atoms with E-state index in [1.807, 2.05) is 30.3 Å². The predicted octanol–water partition coefficient (Wildman–Crippen LogP) is 4.79. The van der Waals surface area contributed by atoms with Crippen LogP contribution in [0, 0.1) is 0 Å². The van der Waals surface area contributed by atoms with Crippen LogP contribution in [-0.4, -0.2) is 26.7 Å². The summed E-state index contributed by atoms with van der Waals surface area (Å²) in [6, 6.07) is 13.7. The minimum Gasteiger partial charge on any atom is -0.493 e. The minimum absolute atomic E-state index is 0. The van der Waals surface area contributed by atoms with Gasteiger partial charge in [0.05, 0.1) is 20.8 Å². The third kappa shape index (κ3) is 6.05. The molecule has 0 aromatic heterocycles. The van der Waals surface area contributed by atoms with Gasteiger partial charge in [-0.2, -0.15) is 0 Å². The maximum Gasteiger partial charge on any atom is 0.193 e. The van der Waals surface area contributed by atoms with Crippen molar-refractivity contribution in [3.63, 3.8) is 0 Å². The standard InChI is InChI=1S/C19H24BrN3O2.HI/c1-19(2,13-6-5-7-14(20)10-13)12-22-18(21)23-15-8-9-16(24-3)17(11-15)25-4;/h5-11H,12H2,1-4H3,(H3,21,22,23);1H. The quantitative estimate of drug-likeness (QED) is 0.318.